The van der Waals surface area contributed by atoms with Gasteiger partial charge in [-0.3, -0.25) is 9.59 Å². The maximum Gasteiger partial charge on any atom is 0.306 e. The first kappa shape index (κ1) is 17.9. The third-order valence-corrected chi connectivity index (χ3v) is 5.65. The van der Waals surface area contributed by atoms with Crippen molar-refractivity contribution in [1.82, 2.24) is 10.2 Å². The summed E-state index contributed by atoms with van der Waals surface area (Å²) in [5.41, 5.74) is 1.37. The Balaban J connectivity index is 1.36. The van der Waals surface area contributed by atoms with Gasteiger partial charge in [0.25, 0.3) is 0 Å². The van der Waals surface area contributed by atoms with E-state index in [-0.39, 0.29) is 23.8 Å². The number of amides is 1. The first-order chi connectivity index (χ1) is 12.1. The fraction of sp³-hybridized carbons (Fsp3) is 0.600. The summed E-state index contributed by atoms with van der Waals surface area (Å²) in [4.78, 5) is 25.8. The zero-order chi connectivity index (χ0) is 17.6. The number of carbonyl (C=O) groups is 2. The fourth-order valence-electron chi connectivity index (χ4n) is 4.00. The highest BCUT2D eigenvalue weighted by Crippen LogP contribution is 2.31. The van der Waals surface area contributed by atoms with Crippen LogP contribution in [0.25, 0.3) is 0 Å². The van der Waals surface area contributed by atoms with E-state index in [1.165, 1.54) is 5.56 Å². The molecule has 1 aromatic carbocycles. The van der Waals surface area contributed by atoms with E-state index in [9.17, 15) is 9.59 Å². The van der Waals surface area contributed by atoms with Gasteiger partial charge < -0.3 is 15.3 Å². The van der Waals surface area contributed by atoms with E-state index in [0.717, 1.165) is 38.9 Å². The summed E-state index contributed by atoms with van der Waals surface area (Å²) in [6.45, 7) is 3.09. The van der Waals surface area contributed by atoms with Crippen molar-refractivity contribution in [3.8, 4) is 0 Å². The van der Waals surface area contributed by atoms with Gasteiger partial charge in [-0.05, 0) is 44.1 Å². The molecule has 0 radical (unpaired) electrons. The molecule has 136 valence electrons. The number of piperidine rings is 1. The molecule has 2 fully saturated rings. The van der Waals surface area contributed by atoms with Gasteiger partial charge in [-0.2, -0.15) is 0 Å². The number of nitrogens with zero attached hydrogens (tertiary/aromatic N) is 1. The number of carboxylic acid groups (broad SMARTS) is 1. The minimum absolute atomic E-state index is 0.0616. The van der Waals surface area contributed by atoms with Crippen molar-refractivity contribution in [2.45, 2.75) is 44.6 Å². The summed E-state index contributed by atoms with van der Waals surface area (Å²) in [5.74, 6) is -1.15. The van der Waals surface area contributed by atoms with Gasteiger partial charge in [-0.1, -0.05) is 30.3 Å². The lowest BCUT2D eigenvalue weighted by Crippen LogP contribution is -2.46. The standard InChI is InChI=1S/C20H28N2O3/c23-19(16-6-7-17(14-16)20(24)25)21-18-9-12-22(13-10-18)11-8-15-4-2-1-3-5-15/h1-5,16-18H,6-14H2,(H,21,23)(H,24,25). The van der Waals surface area contributed by atoms with Crippen LogP contribution in [0.3, 0.4) is 0 Å². The zero-order valence-corrected chi connectivity index (χ0v) is 14.7. The summed E-state index contributed by atoms with van der Waals surface area (Å²) in [7, 11) is 0. The van der Waals surface area contributed by atoms with E-state index in [2.05, 4.69) is 34.5 Å². The van der Waals surface area contributed by atoms with Crippen molar-refractivity contribution in [3.05, 3.63) is 35.9 Å². The van der Waals surface area contributed by atoms with E-state index in [4.69, 9.17) is 5.11 Å². The van der Waals surface area contributed by atoms with Crippen LogP contribution >= 0.6 is 0 Å². The molecule has 0 aromatic heterocycles. The molecule has 3 rings (SSSR count). The molecule has 25 heavy (non-hydrogen) atoms. The lowest BCUT2D eigenvalue weighted by Gasteiger charge is -2.32. The van der Waals surface area contributed by atoms with Crippen molar-refractivity contribution >= 4 is 11.9 Å². The topological polar surface area (TPSA) is 69.6 Å². The number of hydrogen-bond donors (Lipinski definition) is 2. The van der Waals surface area contributed by atoms with Crippen molar-refractivity contribution in [2.24, 2.45) is 11.8 Å². The third kappa shape index (κ3) is 5.05. The van der Waals surface area contributed by atoms with Crippen LogP contribution < -0.4 is 5.32 Å². The maximum absolute atomic E-state index is 12.4. The molecule has 2 atom stereocenters. The molecule has 5 nitrogen and oxygen atoms in total. The SMILES string of the molecule is O=C(O)C1CCC(C(=O)NC2CCN(CCc3ccccc3)CC2)C1. The number of carbonyl (C=O) groups excluding carboxylic acids is 1. The highest BCUT2D eigenvalue weighted by atomic mass is 16.4. The Labute approximate surface area is 149 Å². The van der Waals surface area contributed by atoms with E-state index in [0.29, 0.717) is 19.3 Å². The smallest absolute Gasteiger partial charge is 0.306 e. The summed E-state index contributed by atoms with van der Waals surface area (Å²) >= 11 is 0. The van der Waals surface area contributed by atoms with Gasteiger partial charge in [-0.15, -0.1) is 0 Å². The van der Waals surface area contributed by atoms with Crippen LogP contribution in [-0.2, 0) is 16.0 Å². The monoisotopic (exact) mass is 344 g/mol. The fourth-order valence-corrected chi connectivity index (χ4v) is 4.00. The molecule has 1 aliphatic heterocycles. The molecular weight excluding hydrogens is 316 g/mol. The van der Waals surface area contributed by atoms with Crippen LogP contribution in [0.2, 0.25) is 0 Å². The Morgan fingerprint density at radius 3 is 2.36 bits per heavy atom. The first-order valence-corrected chi connectivity index (χ1v) is 9.41. The lowest BCUT2D eigenvalue weighted by molar-refractivity contribution is -0.141. The van der Waals surface area contributed by atoms with Crippen LogP contribution in [0.5, 0.6) is 0 Å². The molecule has 2 unspecified atom stereocenters. The van der Waals surface area contributed by atoms with Gasteiger partial charge in [-0.25, -0.2) is 0 Å². The Bertz CT molecular complexity index is 582. The number of carboxylic acids is 1. The molecule has 1 amide bonds. The second kappa shape index (κ2) is 8.48. The van der Waals surface area contributed by atoms with Crippen LogP contribution in [-0.4, -0.2) is 47.6 Å². The number of likely N-dealkylation sites (tertiary alicyclic amines) is 1. The molecule has 1 aromatic rings. The van der Waals surface area contributed by atoms with Gasteiger partial charge >= 0.3 is 5.97 Å². The van der Waals surface area contributed by atoms with Crippen molar-refractivity contribution in [2.75, 3.05) is 19.6 Å². The first-order valence-electron chi connectivity index (χ1n) is 9.41. The molecule has 1 aliphatic carbocycles. The van der Waals surface area contributed by atoms with E-state index < -0.39 is 5.97 Å². The second-order valence-electron chi connectivity index (χ2n) is 7.41. The lowest BCUT2D eigenvalue weighted by atomic mass is 10.0. The predicted octanol–water partition coefficient (Wildman–Crippen LogP) is 2.31. The molecule has 2 N–H and O–H groups in total. The number of benzene rings is 1. The van der Waals surface area contributed by atoms with Gasteiger partial charge in [0.15, 0.2) is 0 Å². The van der Waals surface area contributed by atoms with Crippen LogP contribution in [0.15, 0.2) is 30.3 Å². The van der Waals surface area contributed by atoms with Gasteiger partial charge in [0.05, 0.1) is 5.92 Å². The predicted molar refractivity (Wildman–Crippen MR) is 96.2 cm³/mol. The summed E-state index contributed by atoms with van der Waals surface area (Å²) in [6, 6.07) is 10.8. The van der Waals surface area contributed by atoms with E-state index in [1.54, 1.807) is 0 Å². The molecule has 0 bridgehead atoms. The third-order valence-electron chi connectivity index (χ3n) is 5.65. The summed E-state index contributed by atoms with van der Waals surface area (Å²) in [5, 5.41) is 12.2. The Hall–Kier alpha value is -1.88. The molecular formula is C20H28N2O3. The number of rotatable bonds is 6. The zero-order valence-electron chi connectivity index (χ0n) is 14.7. The van der Waals surface area contributed by atoms with Crippen LogP contribution in [0.1, 0.15) is 37.7 Å². The normalized spacial score (nSPS) is 25.0. The molecule has 5 heteroatoms. The largest absolute Gasteiger partial charge is 0.481 e. The van der Waals surface area contributed by atoms with E-state index >= 15 is 0 Å². The van der Waals surface area contributed by atoms with Crippen molar-refractivity contribution < 1.29 is 14.7 Å². The molecule has 1 saturated heterocycles. The minimum atomic E-state index is -0.762. The molecule has 1 saturated carbocycles. The van der Waals surface area contributed by atoms with Crippen molar-refractivity contribution in [1.29, 1.82) is 0 Å². The summed E-state index contributed by atoms with van der Waals surface area (Å²) in [6.07, 6.45) is 4.86. The summed E-state index contributed by atoms with van der Waals surface area (Å²) < 4.78 is 0. The highest BCUT2D eigenvalue weighted by Gasteiger charge is 2.34. The quantitative estimate of drug-likeness (QED) is 0.831. The molecule has 2 aliphatic rings. The van der Waals surface area contributed by atoms with Gasteiger partial charge in [0, 0.05) is 31.6 Å². The minimum Gasteiger partial charge on any atom is -0.481 e. The molecule has 1 heterocycles. The Kier molecular flexibility index (Phi) is 6.08. The Morgan fingerprint density at radius 1 is 1.04 bits per heavy atom. The Morgan fingerprint density at radius 2 is 1.72 bits per heavy atom. The maximum atomic E-state index is 12.4. The number of hydrogen-bond acceptors (Lipinski definition) is 3. The second-order valence-corrected chi connectivity index (χ2v) is 7.41. The number of aliphatic carboxylic acids is 1. The average molecular weight is 344 g/mol. The van der Waals surface area contributed by atoms with Gasteiger partial charge in [0.1, 0.15) is 0 Å². The number of nitrogens with one attached hydrogen (secondary N) is 1. The van der Waals surface area contributed by atoms with Crippen LogP contribution in [0.4, 0.5) is 0 Å². The van der Waals surface area contributed by atoms with Crippen LogP contribution in [0, 0.1) is 11.8 Å². The van der Waals surface area contributed by atoms with Gasteiger partial charge in [0.2, 0.25) is 5.91 Å². The highest BCUT2D eigenvalue weighted by molar-refractivity contribution is 5.81. The van der Waals surface area contributed by atoms with E-state index in [1.807, 2.05) is 6.07 Å². The average Bonchev–Trinajstić information content (AvgIpc) is 3.13. The van der Waals surface area contributed by atoms with Crippen molar-refractivity contribution in [3.63, 3.8) is 0 Å². The molecule has 0 spiro atoms.